The molecule has 0 bridgehead atoms. The minimum atomic E-state index is -0.0218. The summed E-state index contributed by atoms with van der Waals surface area (Å²) in [4.78, 5) is 3.24. The number of aromatic nitrogens is 1. The topological polar surface area (TPSA) is 67.8 Å². The standard InChI is InChI=1S/C12H17N3/c1-12(2,7-13)10-6-15-11-4-3-8(14)5-9(10)11/h3-6,15H,7,13-14H2,1-2H3. The van der Waals surface area contributed by atoms with Gasteiger partial charge in [-0.05, 0) is 23.8 Å². The molecule has 80 valence electrons. The second kappa shape index (κ2) is 3.28. The molecular formula is C12H17N3. The number of benzene rings is 1. The first-order valence-corrected chi connectivity index (χ1v) is 5.12. The molecule has 1 aromatic heterocycles. The first-order chi connectivity index (χ1) is 7.04. The molecule has 0 aliphatic heterocycles. The summed E-state index contributed by atoms with van der Waals surface area (Å²) in [5.74, 6) is 0. The second-order valence-corrected chi connectivity index (χ2v) is 4.60. The fourth-order valence-corrected chi connectivity index (χ4v) is 1.81. The Balaban J connectivity index is 2.67. The van der Waals surface area contributed by atoms with Crippen LogP contribution in [0.3, 0.4) is 0 Å². The Morgan fingerprint density at radius 3 is 2.73 bits per heavy atom. The molecule has 1 heterocycles. The number of nitrogens with two attached hydrogens (primary N) is 2. The van der Waals surface area contributed by atoms with Gasteiger partial charge in [0.15, 0.2) is 0 Å². The minimum Gasteiger partial charge on any atom is -0.399 e. The summed E-state index contributed by atoms with van der Waals surface area (Å²) in [6, 6.07) is 5.90. The van der Waals surface area contributed by atoms with Gasteiger partial charge in [-0.15, -0.1) is 0 Å². The van der Waals surface area contributed by atoms with Gasteiger partial charge in [0, 0.05) is 34.7 Å². The van der Waals surface area contributed by atoms with E-state index in [2.05, 4.69) is 18.8 Å². The highest BCUT2D eigenvalue weighted by atomic mass is 14.7. The lowest BCUT2D eigenvalue weighted by Gasteiger charge is -2.21. The molecule has 0 aliphatic carbocycles. The van der Waals surface area contributed by atoms with Crippen LogP contribution in [0.25, 0.3) is 10.9 Å². The van der Waals surface area contributed by atoms with E-state index in [4.69, 9.17) is 11.5 Å². The van der Waals surface area contributed by atoms with Gasteiger partial charge in [0.25, 0.3) is 0 Å². The molecule has 2 aromatic rings. The van der Waals surface area contributed by atoms with Crippen LogP contribution in [-0.2, 0) is 5.41 Å². The Labute approximate surface area is 89.5 Å². The van der Waals surface area contributed by atoms with Crippen molar-refractivity contribution < 1.29 is 0 Å². The molecule has 3 nitrogen and oxygen atoms in total. The molecular weight excluding hydrogens is 186 g/mol. The van der Waals surface area contributed by atoms with Crippen LogP contribution < -0.4 is 11.5 Å². The maximum atomic E-state index is 5.79. The zero-order valence-corrected chi connectivity index (χ0v) is 9.17. The summed E-state index contributed by atoms with van der Waals surface area (Å²) in [5.41, 5.74) is 14.7. The smallest absolute Gasteiger partial charge is 0.0458 e. The van der Waals surface area contributed by atoms with Gasteiger partial charge in [0.2, 0.25) is 0 Å². The van der Waals surface area contributed by atoms with Gasteiger partial charge in [-0.3, -0.25) is 0 Å². The Bertz CT molecular complexity index is 483. The van der Waals surface area contributed by atoms with Crippen molar-refractivity contribution in [3.63, 3.8) is 0 Å². The number of anilines is 1. The Morgan fingerprint density at radius 2 is 2.07 bits per heavy atom. The van der Waals surface area contributed by atoms with E-state index in [1.54, 1.807) is 0 Å². The summed E-state index contributed by atoms with van der Waals surface area (Å²) >= 11 is 0. The second-order valence-electron chi connectivity index (χ2n) is 4.60. The minimum absolute atomic E-state index is 0.0218. The van der Waals surface area contributed by atoms with Gasteiger partial charge in [-0.1, -0.05) is 13.8 Å². The van der Waals surface area contributed by atoms with Crippen molar-refractivity contribution in [1.82, 2.24) is 4.98 Å². The van der Waals surface area contributed by atoms with Crippen molar-refractivity contribution in [3.8, 4) is 0 Å². The zero-order valence-electron chi connectivity index (χ0n) is 9.17. The summed E-state index contributed by atoms with van der Waals surface area (Å²) in [7, 11) is 0. The van der Waals surface area contributed by atoms with E-state index >= 15 is 0 Å². The zero-order chi connectivity index (χ0) is 11.1. The van der Waals surface area contributed by atoms with Gasteiger partial charge >= 0.3 is 0 Å². The number of nitrogen functional groups attached to an aromatic ring is 1. The Hall–Kier alpha value is -1.48. The first kappa shape index (κ1) is 10.1. The molecule has 0 saturated heterocycles. The average molecular weight is 203 g/mol. The van der Waals surface area contributed by atoms with Crippen LogP contribution in [0.15, 0.2) is 24.4 Å². The highest BCUT2D eigenvalue weighted by Crippen LogP contribution is 2.30. The lowest BCUT2D eigenvalue weighted by Crippen LogP contribution is -2.27. The molecule has 0 fully saturated rings. The monoisotopic (exact) mass is 203 g/mol. The highest BCUT2D eigenvalue weighted by molar-refractivity contribution is 5.87. The van der Waals surface area contributed by atoms with Crippen LogP contribution >= 0.6 is 0 Å². The van der Waals surface area contributed by atoms with Gasteiger partial charge in [-0.25, -0.2) is 0 Å². The molecule has 1 aromatic carbocycles. The van der Waals surface area contributed by atoms with Crippen molar-refractivity contribution in [3.05, 3.63) is 30.0 Å². The fourth-order valence-electron chi connectivity index (χ4n) is 1.81. The molecule has 0 unspecified atom stereocenters. The third-order valence-electron chi connectivity index (χ3n) is 2.95. The maximum Gasteiger partial charge on any atom is 0.0458 e. The van der Waals surface area contributed by atoms with Gasteiger partial charge < -0.3 is 16.5 Å². The Morgan fingerprint density at radius 1 is 1.33 bits per heavy atom. The largest absolute Gasteiger partial charge is 0.399 e. The predicted molar refractivity (Wildman–Crippen MR) is 64.8 cm³/mol. The van der Waals surface area contributed by atoms with Gasteiger partial charge in [0.05, 0.1) is 0 Å². The normalized spacial score (nSPS) is 12.2. The van der Waals surface area contributed by atoms with Crippen LogP contribution in [0.2, 0.25) is 0 Å². The van der Waals surface area contributed by atoms with E-state index in [-0.39, 0.29) is 5.41 Å². The third kappa shape index (κ3) is 1.59. The molecule has 15 heavy (non-hydrogen) atoms. The van der Waals surface area contributed by atoms with E-state index in [9.17, 15) is 0 Å². The number of nitrogens with one attached hydrogen (secondary N) is 1. The number of H-pyrrole nitrogens is 1. The molecule has 0 aliphatic rings. The van der Waals surface area contributed by atoms with Crippen molar-refractivity contribution in [1.29, 1.82) is 0 Å². The molecule has 5 N–H and O–H groups in total. The van der Waals surface area contributed by atoms with Gasteiger partial charge in [0.1, 0.15) is 0 Å². The predicted octanol–water partition coefficient (Wildman–Crippen LogP) is 1.99. The summed E-state index contributed by atoms with van der Waals surface area (Å²) in [5, 5.41) is 1.17. The quantitative estimate of drug-likeness (QED) is 0.653. The maximum absolute atomic E-state index is 5.79. The average Bonchev–Trinajstić information content (AvgIpc) is 2.61. The third-order valence-corrected chi connectivity index (χ3v) is 2.95. The molecule has 0 saturated carbocycles. The molecule has 0 radical (unpaired) electrons. The summed E-state index contributed by atoms with van der Waals surface area (Å²) in [6.07, 6.45) is 2.02. The number of hydrogen-bond donors (Lipinski definition) is 3. The molecule has 0 atom stereocenters. The molecule has 0 amide bonds. The molecule has 3 heteroatoms. The number of fused-ring (bicyclic) bond motifs is 1. The number of rotatable bonds is 2. The first-order valence-electron chi connectivity index (χ1n) is 5.12. The molecule has 0 spiro atoms. The van der Waals surface area contributed by atoms with Crippen LogP contribution in [-0.4, -0.2) is 11.5 Å². The summed E-state index contributed by atoms with van der Waals surface area (Å²) < 4.78 is 0. The van der Waals surface area contributed by atoms with Crippen LogP contribution in [0.4, 0.5) is 5.69 Å². The van der Waals surface area contributed by atoms with Crippen molar-refractivity contribution in [2.75, 3.05) is 12.3 Å². The van der Waals surface area contributed by atoms with Gasteiger partial charge in [-0.2, -0.15) is 0 Å². The van der Waals surface area contributed by atoms with E-state index in [1.165, 1.54) is 10.9 Å². The van der Waals surface area contributed by atoms with Crippen LogP contribution in [0.5, 0.6) is 0 Å². The number of aromatic amines is 1. The lowest BCUT2D eigenvalue weighted by atomic mass is 9.84. The van der Waals surface area contributed by atoms with Crippen molar-refractivity contribution >= 4 is 16.6 Å². The van der Waals surface area contributed by atoms with E-state index in [0.29, 0.717) is 6.54 Å². The van der Waals surface area contributed by atoms with Crippen LogP contribution in [0.1, 0.15) is 19.4 Å². The fraction of sp³-hybridized carbons (Fsp3) is 0.333. The van der Waals surface area contributed by atoms with Crippen molar-refractivity contribution in [2.45, 2.75) is 19.3 Å². The molecule has 2 rings (SSSR count). The van der Waals surface area contributed by atoms with Crippen molar-refractivity contribution in [2.24, 2.45) is 5.73 Å². The lowest BCUT2D eigenvalue weighted by molar-refractivity contribution is 0.544. The van der Waals surface area contributed by atoms with E-state index < -0.39 is 0 Å². The van der Waals surface area contributed by atoms with E-state index in [1.807, 2.05) is 24.4 Å². The highest BCUT2D eigenvalue weighted by Gasteiger charge is 2.21. The Kier molecular flexibility index (Phi) is 2.20. The SMILES string of the molecule is CC(C)(CN)c1c[nH]c2ccc(N)cc12. The number of hydrogen-bond acceptors (Lipinski definition) is 2. The van der Waals surface area contributed by atoms with E-state index in [0.717, 1.165) is 11.2 Å². The summed E-state index contributed by atoms with van der Waals surface area (Å²) in [6.45, 7) is 4.90. The van der Waals surface area contributed by atoms with Crippen LogP contribution in [0, 0.1) is 0 Å².